The van der Waals surface area contributed by atoms with Crippen LogP contribution in [0.5, 0.6) is 0 Å². The zero-order valence-corrected chi connectivity index (χ0v) is 13.7. The molecule has 1 aliphatic rings. The summed E-state index contributed by atoms with van der Waals surface area (Å²) in [5.74, 6) is 0.406. The maximum atomic E-state index is 12.1. The second kappa shape index (κ2) is 6.28. The van der Waals surface area contributed by atoms with Crippen LogP contribution < -0.4 is 4.72 Å². The van der Waals surface area contributed by atoms with Crippen molar-refractivity contribution in [3.63, 3.8) is 0 Å². The minimum absolute atomic E-state index is 0.0380. The lowest BCUT2D eigenvalue weighted by molar-refractivity contribution is 0.351. The Kier molecular flexibility index (Phi) is 5.69. The fraction of sp³-hybridized carbons (Fsp3) is 1.00. The molecule has 19 heavy (non-hydrogen) atoms. The summed E-state index contributed by atoms with van der Waals surface area (Å²) in [7, 11) is -6.48. The predicted octanol–water partition coefficient (Wildman–Crippen LogP) is 1.14. The molecule has 1 N–H and O–H groups in total. The van der Waals surface area contributed by atoms with E-state index in [1.54, 1.807) is 0 Å². The third-order valence-electron chi connectivity index (χ3n) is 3.46. The van der Waals surface area contributed by atoms with Gasteiger partial charge >= 0.3 is 0 Å². The molecule has 5 nitrogen and oxygen atoms in total. The number of sulfone groups is 1. The Morgan fingerprint density at radius 2 is 1.79 bits per heavy atom. The minimum Gasteiger partial charge on any atom is -0.229 e. The van der Waals surface area contributed by atoms with Gasteiger partial charge in [-0.25, -0.2) is 21.6 Å². The van der Waals surface area contributed by atoms with Gasteiger partial charge in [-0.2, -0.15) is 0 Å². The van der Waals surface area contributed by atoms with Crippen molar-refractivity contribution in [2.45, 2.75) is 38.4 Å². The van der Waals surface area contributed by atoms with E-state index in [1.807, 2.05) is 13.8 Å². The van der Waals surface area contributed by atoms with E-state index < -0.39 is 25.1 Å². The van der Waals surface area contributed by atoms with Crippen molar-refractivity contribution in [2.75, 3.05) is 23.9 Å². The molecule has 1 rings (SSSR count). The molecule has 0 aliphatic carbocycles. The average Bonchev–Trinajstić information content (AvgIpc) is 2.26. The van der Waals surface area contributed by atoms with Crippen molar-refractivity contribution >= 4 is 31.5 Å². The van der Waals surface area contributed by atoms with Gasteiger partial charge in [0.05, 0.1) is 16.8 Å². The molecule has 0 bridgehead atoms. The van der Waals surface area contributed by atoms with E-state index in [-0.39, 0.29) is 29.8 Å². The first kappa shape index (κ1) is 17.2. The summed E-state index contributed by atoms with van der Waals surface area (Å²) in [5.41, 5.74) is -0.199. The third kappa shape index (κ3) is 5.57. The minimum atomic E-state index is -3.44. The first-order valence-corrected chi connectivity index (χ1v) is 10.2. The summed E-state index contributed by atoms with van der Waals surface area (Å²) in [4.78, 5) is 0. The molecule has 0 aromatic rings. The standard InChI is InChI=1S/C11H22ClNO4S2/c1-11(2,5-6-12)9-13-19(16,17)10-3-7-18(14,15)8-4-10/h10,13H,3-9H2,1-2H3. The Morgan fingerprint density at radius 1 is 1.26 bits per heavy atom. The lowest BCUT2D eigenvalue weighted by Gasteiger charge is -2.27. The molecule has 1 aliphatic heterocycles. The first-order chi connectivity index (χ1) is 8.58. The molecule has 1 fully saturated rings. The zero-order chi connectivity index (χ0) is 14.7. The topological polar surface area (TPSA) is 80.3 Å². The van der Waals surface area contributed by atoms with Crippen LogP contribution in [0, 0.1) is 5.41 Å². The molecular weight excluding hydrogens is 310 g/mol. The summed E-state index contributed by atoms with van der Waals surface area (Å²) in [6.45, 7) is 4.22. The van der Waals surface area contributed by atoms with Crippen molar-refractivity contribution in [2.24, 2.45) is 5.41 Å². The number of alkyl halides is 1. The third-order valence-corrected chi connectivity index (χ3v) is 7.26. The lowest BCUT2D eigenvalue weighted by Crippen LogP contribution is -2.43. The normalized spacial score (nSPS) is 21.4. The molecule has 0 aromatic heterocycles. The average molecular weight is 332 g/mol. The number of hydrogen-bond donors (Lipinski definition) is 1. The Bertz CT molecular complexity index is 485. The zero-order valence-electron chi connectivity index (χ0n) is 11.4. The van der Waals surface area contributed by atoms with E-state index in [0.29, 0.717) is 12.4 Å². The molecule has 8 heteroatoms. The van der Waals surface area contributed by atoms with Gasteiger partial charge in [0.15, 0.2) is 0 Å². The van der Waals surface area contributed by atoms with Gasteiger partial charge in [-0.1, -0.05) is 13.8 Å². The highest BCUT2D eigenvalue weighted by Gasteiger charge is 2.33. The van der Waals surface area contributed by atoms with E-state index in [0.717, 1.165) is 6.42 Å². The second-order valence-electron chi connectivity index (χ2n) is 5.82. The van der Waals surface area contributed by atoms with E-state index >= 15 is 0 Å². The molecule has 0 unspecified atom stereocenters. The number of rotatable bonds is 6. The Morgan fingerprint density at radius 3 is 2.26 bits per heavy atom. The molecule has 0 aromatic carbocycles. The number of hydrogen-bond acceptors (Lipinski definition) is 4. The highest BCUT2D eigenvalue weighted by Crippen LogP contribution is 2.22. The monoisotopic (exact) mass is 331 g/mol. The van der Waals surface area contributed by atoms with Crippen molar-refractivity contribution in [3.8, 4) is 0 Å². The second-order valence-corrected chi connectivity index (χ2v) is 10.5. The highest BCUT2D eigenvalue weighted by atomic mass is 35.5. The van der Waals surface area contributed by atoms with Gasteiger partial charge in [-0.05, 0) is 24.7 Å². The van der Waals surface area contributed by atoms with Gasteiger partial charge in [-0.15, -0.1) is 11.6 Å². The van der Waals surface area contributed by atoms with Crippen molar-refractivity contribution in [1.29, 1.82) is 0 Å². The van der Waals surface area contributed by atoms with Gasteiger partial charge in [0, 0.05) is 12.4 Å². The smallest absolute Gasteiger partial charge is 0.214 e. The van der Waals surface area contributed by atoms with Crippen LogP contribution in [0.3, 0.4) is 0 Å². The summed E-state index contributed by atoms with van der Waals surface area (Å²) >= 11 is 5.67. The van der Waals surface area contributed by atoms with Gasteiger partial charge < -0.3 is 0 Å². The predicted molar refractivity (Wildman–Crippen MR) is 77.7 cm³/mol. The highest BCUT2D eigenvalue weighted by molar-refractivity contribution is 7.92. The van der Waals surface area contributed by atoms with Crippen molar-refractivity contribution in [3.05, 3.63) is 0 Å². The van der Waals surface area contributed by atoms with Crippen LogP contribution in [0.2, 0.25) is 0 Å². The number of sulfonamides is 1. The lowest BCUT2D eigenvalue weighted by atomic mass is 9.91. The van der Waals surface area contributed by atoms with E-state index in [1.165, 1.54) is 0 Å². The van der Waals surface area contributed by atoms with Gasteiger partial charge in [-0.3, -0.25) is 0 Å². The summed E-state index contributed by atoms with van der Waals surface area (Å²) < 4.78 is 49.4. The maximum Gasteiger partial charge on any atom is 0.214 e. The van der Waals surface area contributed by atoms with Crippen LogP contribution in [0.25, 0.3) is 0 Å². The maximum absolute atomic E-state index is 12.1. The molecule has 0 amide bonds. The molecule has 0 spiro atoms. The summed E-state index contributed by atoms with van der Waals surface area (Å²) in [6.07, 6.45) is 1.09. The quantitative estimate of drug-likeness (QED) is 0.740. The van der Waals surface area contributed by atoms with Crippen LogP contribution in [-0.2, 0) is 19.9 Å². The van der Waals surface area contributed by atoms with E-state index in [4.69, 9.17) is 11.6 Å². The molecule has 0 radical (unpaired) electrons. The number of halogens is 1. The first-order valence-electron chi connectivity index (χ1n) is 6.33. The Hall–Kier alpha value is 0.150. The summed E-state index contributed by atoms with van der Waals surface area (Å²) in [5, 5.41) is -0.595. The van der Waals surface area contributed by atoms with Gasteiger partial charge in [0.2, 0.25) is 10.0 Å². The van der Waals surface area contributed by atoms with Crippen molar-refractivity contribution < 1.29 is 16.8 Å². The van der Waals surface area contributed by atoms with Gasteiger partial charge in [0.25, 0.3) is 0 Å². The van der Waals surface area contributed by atoms with Crippen LogP contribution in [0.1, 0.15) is 33.1 Å². The van der Waals surface area contributed by atoms with Crippen molar-refractivity contribution in [1.82, 2.24) is 4.72 Å². The molecule has 0 saturated carbocycles. The fourth-order valence-corrected chi connectivity index (χ4v) is 5.92. The fourth-order valence-electron chi connectivity index (χ4n) is 1.94. The number of nitrogens with one attached hydrogen (secondary N) is 1. The Balaban J connectivity index is 2.58. The summed E-state index contributed by atoms with van der Waals surface area (Å²) in [6, 6.07) is 0. The molecule has 1 saturated heterocycles. The van der Waals surface area contributed by atoms with Gasteiger partial charge in [0.1, 0.15) is 9.84 Å². The molecule has 0 atom stereocenters. The SMILES string of the molecule is CC(C)(CCCl)CNS(=O)(=O)C1CCS(=O)(=O)CC1. The molecule has 1 heterocycles. The molecule has 114 valence electrons. The van der Waals surface area contributed by atoms with E-state index in [9.17, 15) is 16.8 Å². The van der Waals surface area contributed by atoms with E-state index in [2.05, 4.69) is 4.72 Å². The largest absolute Gasteiger partial charge is 0.229 e. The van der Waals surface area contributed by atoms with Crippen LogP contribution >= 0.6 is 11.6 Å². The van der Waals surface area contributed by atoms with Crippen LogP contribution in [-0.4, -0.2) is 46.0 Å². The van der Waals surface area contributed by atoms with Crippen LogP contribution in [0.15, 0.2) is 0 Å². The Labute approximate surface area is 121 Å². The molecular formula is C11H22ClNO4S2. The van der Waals surface area contributed by atoms with Crippen LogP contribution in [0.4, 0.5) is 0 Å².